The quantitative estimate of drug-likeness (QED) is 0.174. The topological polar surface area (TPSA) is 38.7 Å². The van der Waals surface area contributed by atoms with Crippen LogP contribution < -0.4 is 0 Å². The second-order valence-electron chi connectivity index (χ2n) is 19.2. The summed E-state index contributed by atoms with van der Waals surface area (Å²) in [6.45, 7) is 14.0. The van der Waals surface area contributed by atoms with E-state index in [2.05, 4.69) is 217 Å². The molecular formula is C60H47N3. The van der Waals surface area contributed by atoms with E-state index in [4.69, 9.17) is 15.0 Å². The highest BCUT2D eigenvalue weighted by Gasteiger charge is 2.39. The van der Waals surface area contributed by atoms with E-state index in [1.54, 1.807) is 0 Å². The van der Waals surface area contributed by atoms with Gasteiger partial charge in [0.05, 0.1) is 0 Å². The van der Waals surface area contributed by atoms with Crippen LogP contribution in [0.25, 0.3) is 89.8 Å². The number of rotatable bonds is 5. The molecule has 12 rings (SSSR count). The van der Waals surface area contributed by atoms with Gasteiger partial charge in [0.1, 0.15) is 0 Å². The number of aromatic nitrogens is 3. The Kier molecular flexibility index (Phi) is 7.97. The maximum Gasteiger partial charge on any atom is 0.164 e. The van der Waals surface area contributed by atoms with Crippen LogP contribution in [0.15, 0.2) is 176 Å². The molecular weight excluding hydrogens is 763 g/mol. The zero-order valence-corrected chi connectivity index (χ0v) is 36.6. The minimum absolute atomic E-state index is 0.0609. The molecule has 9 aromatic rings. The van der Waals surface area contributed by atoms with Crippen molar-refractivity contribution in [3.63, 3.8) is 0 Å². The third-order valence-corrected chi connectivity index (χ3v) is 14.6. The Balaban J connectivity index is 0.992. The summed E-state index contributed by atoms with van der Waals surface area (Å²) in [5.41, 5.74) is 23.3. The third-order valence-electron chi connectivity index (χ3n) is 14.6. The van der Waals surface area contributed by atoms with E-state index < -0.39 is 0 Å². The van der Waals surface area contributed by atoms with E-state index in [0.717, 1.165) is 16.7 Å². The number of benzene rings is 8. The standard InChI is InChI=1S/C60H47N3/c1-58(2)46-22-10-7-16-42(46)52-40(19-13-25-49(52)58)36-28-32-38(33-29-36)55-61-56(63-57(62-55)45-21-15-27-51-54(45)44-18-9-12-24-48(44)60(51,5)6)39-34-30-37(31-35-39)41-20-14-26-50-53(41)43-17-8-11-23-47(43)59(50,3)4/h7-35H,1-6H3. The highest BCUT2D eigenvalue weighted by atomic mass is 15.0. The van der Waals surface area contributed by atoms with Crippen LogP contribution in [-0.4, -0.2) is 15.0 Å². The van der Waals surface area contributed by atoms with Gasteiger partial charge in [-0.25, -0.2) is 15.0 Å². The van der Waals surface area contributed by atoms with Crippen LogP contribution in [0.1, 0.15) is 74.9 Å². The van der Waals surface area contributed by atoms with Gasteiger partial charge in [-0.1, -0.05) is 217 Å². The molecule has 8 aromatic carbocycles. The Hall–Kier alpha value is -7.23. The summed E-state index contributed by atoms with van der Waals surface area (Å²) >= 11 is 0. The molecule has 1 heterocycles. The lowest BCUT2D eigenvalue weighted by Crippen LogP contribution is -2.14. The number of hydrogen-bond donors (Lipinski definition) is 0. The summed E-state index contributed by atoms with van der Waals surface area (Å²) in [7, 11) is 0. The Morgan fingerprint density at radius 2 is 0.508 bits per heavy atom. The maximum atomic E-state index is 5.32. The SMILES string of the molecule is CC1(C)c2ccccc2-c2c(-c3ccc(-c4nc(-c5ccc(-c6cccc7c6-c6ccccc6C7(C)C)cc5)nc(-c5cccc6c5-c5ccccc5C6(C)C)n4)cc3)cccc21. The van der Waals surface area contributed by atoms with E-state index in [1.165, 1.54) is 89.0 Å². The van der Waals surface area contributed by atoms with Gasteiger partial charge in [-0.05, 0) is 89.0 Å². The Bertz CT molecular complexity index is 3180. The highest BCUT2D eigenvalue weighted by Crippen LogP contribution is 2.54. The number of fused-ring (bicyclic) bond motifs is 9. The van der Waals surface area contributed by atoms with E-state index in [0.29, 0.717) is 17.5 Å². The largest absolute Gasteiger partial charge is 0.208 e. The van der Waals surface area contributed by atoms with Crippen molar-refractivity contribution < 1.29 is 0 Å². The van der Waals surface area contributed by atoms with Gasteiger partial charge in [-0.3, -0.25) is 0 Å². The molecule has 0 saturated heterocycles. The zero-order valence-electron chi connectivity index (χ0n) is 36.6. The van der Waals surface area contributed by atoms with Crippen molar-refractivity contribution in [1.29, 1.82) is 0 Å². The molecule has 0 N–H and O–H groups in total. The first-order valence-electron chi connectivity index (χ1n) is 22.2. The molecule has 0 bridgehead atoms. The van der Waals surface area contributed by atoms with Crippen molar-refractivity contribution in [2.75, 3.05) is 0 Å². The van der Waals surface area contributed by atoms with Crippen LogP contribution in [0.2, 0.25) is 0 Å². The fourth-order valence-electron chi connectivity index (χ4n) is 11.3. The molecule has 0 spiro atoms. The van der Waals surface area contributed by atoms with Gasteiger partial charge in [-0.15, -0.1) is 0 Å². The lowest BCUT2D eigenvalue weighted by molar-refractivity contribution is 0.660. The molecule has 0 aliphatic heterocycles. The van der Waals surface area contributed by atoms with Crippen LogP contribution in [0, 0.1) is 0 Å². The zero-order chi connectivity index (χ0) is 42.8. The fourth-order valence-corrected chi connectivity index (χ4v) is 11.3. The first-order chi connectivity index (χ1) is 30.5. The monoisotopic (exact) mass is 809 g/mol. The van der Waals surface area contributed by atoms with E-state index in [1.807, 2.05) is 0 Å². The summed E-state index contributed by atoms with van der Waals surface area (Å²) in [5.74, 6) is 1.98. The smallest absolute Gasteiger partial charge is 0.164 e. The number of nitrogens with zero attached hydrogens (tertiary/aromatic N) is 3. The minimum Gasteiger partial charge on any atom is -0.208 e. The first-order valence-corrected chi connectivity index (χ1v) is 22.2. The van der Waals surface area contributed by atoms with Crippen LogP contribution in [-0.2, 0) is 16.2 Å². The Morgan fingerprint density at radius 1 is 0.238 bits per heavy atom. The molecule has 3 aliphatic carbocycles. The van der Waals surface area contributed by atoms with Gasteiger partial charge in [0, 0.05) is 32.9 Å². The summed E-state index contributed by atoms with van der Waals surface area (Å²) in [6, 6.07) is 64.2. The van der Waals surface area contributed by atoms with Crippen molar-refractivity contribution >= 4 is 0 Å². The van der Waals surface area contributed by atoms with Gasteiger partial charge in [0.2, 0.25) is 0 Å². The summed E-state index contributed by atoms with van der Waals surface area (Å²) in [5, 5.41) is 0. The number of hydrogen-bond acceptors (Lipinski definition) is 3. The molecule has 63 heavy (non-hydrogen) atoms. The van der Waals surface area contributed by atoms with Crippen molar-refractivity contribution in [3.05, 3.63) is 209 Å². The fraction of sp³-hybridized carbons (Fsp3) is 0.150. The summed E-state index contributed by atoms with van der Waals surface area (Å²) in [4.78, 5) is 15.9. The second kappa shape index (κ2) is 13.4. The Morgan fingerprint density at radius 3 is 0.889 bits per heavy atom. The third kappa shape index (κ3) is 5.42. The molecule has 0 atom stereocenters. The lowest BCUT2D eigenvalue weighted by atomic mass is 9.82. The predicted octanol–water partition coefficient (Wildman–Crippen LogP) is 15.1. The van der Waals surface area contributed by atoms with E-state index in [-0.39, 0.29) is 16.2 Å². The normalized spacial score (nSPS) is 15.2. The maximum absolute atomic E-state index is 5.32. The van der Waals surface area contributed by atoms with Crippen molar-refractivity contribution in [1.82, 2.24) is 15.0 Å². The van der Waals surface area contributed by atoms with Crippen molar-refractivity contribution in [3.8, 4) is 89.8 Å². The summed E-state index contributed by atoms with van der Waals surface area (Å²) in [6.07, 6.45) is 0. The van der Waals surface area contributed by atoms with E-state index in [9.17, 15) is 0 Å². The van der Waals surface area contributed by atoms with E-state index >= 15 is 0 Å². The Labute approximate surface area is 370 Å². The van der Waals surface area contributed by atoms with Crippen molar-refractivity contribution in [2.24, 2.45) is 0 Å². The molecule has 0 fully saturated rings. The molecule has 3 heteroatoms. The van der Waals surface area contributed by atoms with Crippen LogP contribution >= 0.6 is 0 Å². The van der Waals surface area contributed by atoms with Crippen molar-refractivity contribution in [2.45, 2.75) is 57.8 Å². The van der Waals surface area contributed by atoms with Crippen LogP contribution in [0.5, 0.6) is 0 Å². The molecule has 3 aliphatic rings. The molecule has 0 amide bonds. The first kappa shape index (κ1) is 37.5. The molecule has 0 saturated carbocycles. The minimum atomic E-state index is -0.146. The second-order valence-corrected chi connectivity index (χ2v) is 19.2. The average Bonchev–Trinajstić information content (AvgIpc) is 3.82. The van der Waals surface area contributed by atoms with Gasteiger partial charge < -0.3 is 0 Å². The average molecular weight is 810 g/mol. The van der Waals surface area contributed by atoms with Gasteiger partial charge in [0.25, 0.3) is 0 Å². The van der Waals surface area contributed by atoms with Crippen LogP contribution in [0.3, 0.4) is 0 Å². The van der Waals surface area contributed by atoms with Gasteiger partial charge in [0.15, 0.2) is 17.5 Å². The molecule has 3 nitrogen and oxygen atoms in total. The van der Waals surface area contributed by atoms with Gasteiger partial charge >= 0.3 is 0 Å². The molecule has 1 aromatic heterocycles. The van der Waals surface area contributed by atoms with Gasteiger partial charge in [-0.2, -0.15) is 0 Å². The molecule has 0 radical (unpaired) electrons. The highest BCUT2D eigenvalue weighted by molar-refractivity contribution is 5.95. The lowest BCUT2D eigenvalue weighted by Gasteiger charge is -2.21. The summed E-state index contributed by atoms with van der Waals surface area (Å²) < 4.78 is 0. The van der Waals surface area contributed by atoms with Crippen LogP contribution in [0.4, 0.5) is 0 Å². The molecule has 0 unspecified atom stereocenters. The molecule has 302 valence electrons. The predicted molar refractivity (Wildman–Crippen MR) is 260 cm³/mol.